The molecule has 3 rings (SSSR count). The summed E-state index contributed by atoms with van der Waals surface area (Å²) in [6.07, 6.45) is 2.53. The third kappa shape index (κ3) is 5.32. The van der Waals surface area contributed by atoms with Crippen molar-refractivity contribution >= 4 is 44.2 Å². The molecule has 2 N–H and O–H groups in total. The van der Waals surface area contributed by atoms with E-state index in [1.165, 1.54) is 18.3 Å². The number of benzene rings is 2. The van der Waals surface area contributed by atoms with E-state index >= 15 is 0 Å². The first kappa shape index (κ1) is 20.3. The molecule has 2 amide bonds. The van der Waals surface area contributed by atoms with Crippen molar-refractivity contribution in [2.75, 3.05) is 24.4 Å². The van der Waals surface area contributed by atoms with Gasteiger partial charge < -0.3 is 14.8 Å². The zero-order valence-corrected chi connectivity index (χ0v) is 17.0. The Hall–Kier alpha value is -3.39. The van der Waals surface area contributed by atoms with Crippen LogP contribution in [0.3, 0.4) is 0 Å². The molecular weight excluding hydrogens is 390 g/mol. The molecule has 0 aliphatic rings. The topological polar surface area (TPSA) is 89.5 Å². The lowest BCUT2D eigenvalue weighted by Crippen LogP contribution is -2.20. The Labute approximate surface area is 172 Å². The molecule has 1 heterocycles. The van der Waals surface area contributed by atoms with E-state index < -0.39 is 0 Å². The van der Waals surface area contributed by atoms with E-state index in [4.69, 9.17) is 9.47 Å². The second kappa shape index (κ2) is 9.20. The van der Waals surface area contributed by atoms with Crippen LogP contribution in [0.1, 0.15) is 12.5 Å². The van der Waals surface area contributed by atoms with Crippen molar-refractivity contribution < 1.29 is 19.1 Å². The SMILES string of the molecule is C=CCc1ccc(OCC(=O)Nc2nc3ccc(NC(C)=O)cc3s2)c(OC)c1. The van der Waals surface area contributed by atoms with Crippen LogP contribution in [0.25, 0.3) is 10.2 Å². The molecule has 7 nitrogen and oxygen atoms in total. The van der Waals surface area contributed by atoms with E-state index in [2.05, 4.69) is 22.2 Å². The minimum absolute atomic E-state index is 0.146. The quantitative estimate of drug-likeness (QED) is 0.547. The minimum Gasteiger partial charge on any atom is -0.493 e. The van der Waals surface area contributed by atoms with Gasteiger partial charge in [0.15, 0.2) is 23.2 Å². The molecule has 0 saturated carbocycles. The molecule has 0 radical (unpaired) electrons. The van der Waals surface area contributed by atoms with Crippen LogP contribution in [0.5, 0.6) is 11.5 Å². The summed E-state index contributed by atoms with van der Waals surface area (Å²) >= 11 is 1.32. The molecule has 2 aromatic carbocycles. The number of carbonyl (C=O) groups excluding carboxylic acids is 2. The van der Waals surface area contributed by atoms with Gasteiger partial charge in [0, 0.05) is 12.6 Å². The van der Waals surface area contributed by atoms with Crippen molar-refractivity contribution in [3.63, 3.8) is 0 Å². The molecule has 1 aromatic heterocycles. The Balaban J connectivity index is 1.63. The van der Waals surface area contributed by atoms with Crippen LogP contribution in [0.2, 0.25) is 0 Å². The van der Waals surface area contributed by atoms with Gasteiger partial charge >= 0.3 is 0 Å². The Morgan fingerprint density at radius 1 is 1.17 bits per heavy atom. The van der Waals surface area contributed by atoms with Crippen LogP contribution in [0.15, 0.2) is 49.1 Å². The van der Waals surface area contributed by atoms with Crippen LogP contribution >= 0.6 is 11.3 Å². The number of ether oxygens (including phenoxy) is 2. The molecule has 0 fully saturated rings. The fraction of sp³-hybridized carbons (Fsp3) is 0.190. The number of methoxy groups -OCH3 is 1. The predicted molar refractivity (Wildman–Crippen MR) is 115 cm³/mol. The minimum atomic E-state index is -0.330. The van der Waals surface area contributed by atoms with E-state index in [9.17, 15) is 9.59 Å². The number of anilines is 2. The van der Waals surface area contributed by atoms with Crippen molar-refractivity contribution in [1.29, 1.82) is 0 Å². The number of hydrogen-bond acceptors (Lipinski definition) is 6. The van der Waals surface area contributed by atoms with Gasteiger partial charge in [0.05, 0.1) is 17.3 Å². The van der Waals surface area contributed by atoms with Crippen LogP contribution < -0.4 is 20.1 Å². The number of carbonyl (C=O) groups is 2. The Bertz CT molecular complexity index is 1060. The van der Waals surface area contributed by atoms with Gasteiger partial charge in [0.25, 0.3) is 5.91 Å². The van der Waals surface area contributed by atoms with Gasteiger partial charge in [-0.25, -0.2) is 4.98 Å². The summed E-state index contributed by atoms with van der Waals surface area (Å²) in [4.78, 5) is 27.8. The van der Waals surface area contributed by atoms with Crippen LogP contribution in [0.4, 0.5) is 10.8 Å². The van der Waals surface area contributed by atoms with Crippen molar-refractivity contribution in [2.24, 2.45) is 0 Å². The van der Waals surface area contributed by atoms with E-state index in [1.807, 2.05) is 18.2 Å². The van der Waals surface area contributed by atoms with Gasteiger partial charge in [0.2, 0.25) is 5.91 Å². The summed E-state index contributed by atoms with van der Waals surface area (Å²) in [6.45, 7) is 4.99. The predicted octanol–water partition coefficient (Wildman–Crippen LogP) is 4.01. The highest BCUT2D eigenvalue weighted by molar-refractivity contribution is 7.22. The van der Waals surface area contributed by atoms with Gasteiger partial charge in [-0.1, -0.05) is 23.5 Å². The zero-order valence-electron chi connectivity index (χ0n) is 16.2. The van der Waals surface area contributed by atoms with Gasteiger partial charge in [-0.15, -0.1) is 6.58 Å². The number of rotatable bonds is 8. The van der Waals surface area contributed by atoms with Crippen LogP contribution in [0, 0.1) is 0 Å². The molecule has 0 aliphatic heterocycles. The lowest BCUT2D eigenvalue weighted by Gasteiger charge is -2.11. The monoisotopic (exact) mass is 411 g/mol. The summed E-state index contributed by atoms with van der Waals surface area (Å²) in [5.41, 5.74) is 2.46. The highest BCUT2D eigenvalue weighted by Gasteiger charge is 2.12. The second-order valence-electron chi connectivity index (χ2n) is 6.20. The molecule has 0 spiro atoms. The lowest BCUT2D eigenvalue weighted by molar-refractivity contribution is -0.118. The molecule has 8 heteroatoms. The van der Waals surface area contributed by atoms with Crippen molar-refractivity contribution in [3.8, 4) is 11.5 Å². The number of fused-ring (bicyclic) bond motifs is 1. The molecule has 0 saturated heterocycles. The first-order chi connectivity index (χ1) is 14.0. The van der Waals surface area contributed by atoms with E-state index in [0.717, 1.165) is 22.2 Å². The van der Waals surface area contributed by atoms with E-state index in [-0.39, 0.29) is 18.4 Å². The van der Waals surface area contributed by atoms with E-state index in [1.54, 1.807) is 31.4 Å². The summed E-state index contributed by atoms with van der Waals surface area (Å²) in [5, 5.41) is 5.92. The molecule has 0 unspecified atom stereocenters. The van der Waals surface area contributed by atoms with Gasteiger partial charge in [0.1, 0.15) is 0 Å². The number of nitrogens with zero attached hydrogens (tertiary/aromatic N) is 1. The normalized spacial score (nSPS) is 10.4. The van der Waals surface area contributed by atoms with Crippen molar-refractivity contribution in [2.45, 2.75) is 13.3 Å². The maximum atomic E-state index is 12.3. The molecule has 29 heavy (non-hydrogen) atoms. The smallest absolute Gasteiger partial charge is 0.264 e. The third-order valence-corrected chi connectivity index (χ3v) is 4.86. The summed E-state index contributed by atoms with van der Waals surface area (Å²) in [6, 6.07) is 10.9. The van der Waals surface area contributed by atoms with Crippen LogP contribution in [-0.2, 0) is 16.0 Å². The maximum absolute atomic E-state index is 12.3. The number of allylic oxidation sites excluding steroid dienone is 1. The highest BCUT2D eigenvalue weighted by Crippen LogP contribution is 2.30. The number of thiazole rings is 1. The van der Waals surface area contributed by atoms with Crippen molar-refractivity contribution in [3.05, 3.63) is 54.6 Å². The first-order valence-electron chi connectivity index (χ1n) is 8.87. The van der Waals surface area contributed by atoms with Gasteiger partial charge in [-0.2, -0.15) is 0 Å². The first-order valence-corrected chi connectivity index (χ1v) is 9.69. The molecule has 150 valence electrons. The number of amides is 2. The molecule has 0 bridgehead atoms. The Morgan fingerprint density at radius 3 is 2.72 bits per heavy atom. The number of nitrogens with one attached hydrogen (secondary N) is 2. The fourth-order valence-corrected chi connectivity index (χ4v) is 3.60. The number of aromatic nitrogens is 1. The maximum Gasteiger partial charge on any atom is 0.264 e. The van der Waals surface area contributed by atoms with Crippen molar-refractivity contribution in [1.82, 2.24) is 4.98 Å². The summed E-state index contributed by atoms with van der Waals surface area (Å²) in [7, 11) is 1.55. The zero-order chi connectivity index (χ0) is 20.8. The lowest BCUT2D eigenvalue weighted by atomic mass is 10.1. The van der Waals surface area contributed by atoms with Gasteiger partial charge in [-0.3, -0.25) is 14.9 Å². The summed E-state index contributed by atoms with van der Waals surface area (Å²) < 4.78 is 11.8. The van der Waals surface area contributed by atoms with Crippen LogP contribution in [-0.4, -0.2) is 30.5 Å². The summed E-state index contributed by atoms with van der Waals surface area (Å²) in [5.74, 6) is 0.568. The highest BCUT2D eigenvalue weighted by atomic mass is 32.1. The Morgan fingerprint density at radius 2 is 2.00 bits per heavy atom. The third-order valence-electron chi connectivity index (χ3n) is 3.92. The standard InChI is InChI=1S/C21H21N3O4S/c1-4-5-14-6-9-17(18(10-14)27-3)28-12-20(26)24-21-23-16-8-7-15(22-13(2)25)11-19(16)29-21/h4,6-11H,1,5,12H2,2-3H3,(H,22,25)(H,23,24,26). The Kier molecular flexibility index (Phi) is 6.46. The number of hydrogen-bond donors (Lipinski definition) is 2. The average molecular weight is 411 g/mol. The van der Waals surface area contributed by atoms with Gasteiger partial charge in [-0.05, 0) is 42.3 Å². The second-order valence-corrected chi connectivity index (χ2v) is 7.23. The largest absolute Gasteiger partial charge is 0.493 e. The molecule has 0 atom stereocenters. The molecule has 3 aromatic rings. The average Bonchev–Trinajstić information content (AvgIpc) is 3.08. The molecular formula is C21H21N3O4S. The fourth-order valence-electron chi connectivity index (χ4n) is 2.68. The van der Waals surface area contributed by atoms with E-state index in [0.29, 0.717) is 22.3 Å². The molecule has 0 aliphatic carbocycles.